The zero-order chi connectivity index (χ0) is 29.3. The summed E-state index contributed by atoms with van der Waals surface area (Å²) in [7, 11) is 1.92. The summed E-state index contributed by atoms with van der Waals surface area (Å²) in [5.74, 6) is 2.65. The summed E-state index contributed by atoms with van der Waals surface area (Å²) in [5.41, 5.74) is 7.38. The maximum Gasteiger partial charge on any atom is 0.228 e. The minimum absolute atomic E-state index is 0.0991. The zero-order valence-corrected chi connectivity index (χ0v) is 24.5. The highest BCUT2D eigenvalue weighted by atomic mass is 16.5. The molecule has 1 aliphatic heterocycles. The normalized spacial score (nSPS) is 15.3. The van der Waals surface area contributed by atoms with E-state index >= 15 is 0 Å². The van der Waals surface area contributed by atoms with E-state index in [1.54, 1.807) is 12.4 Å². The summed E-state index contributed by atoms with van der Waals surface area (Å²) < 4.78 is 8.08. The lowest BCUT2D eigenvalue weighted by molar-refractivity contribution is 0.197. The maximum atomic E-state index is 6.26. The Labute approximate surface area is 249 Å². The number of H-pyrrole nitrogens is 1. The van der Waals surface area contributed by atoms with Crippen molar-refractivity contribution in [2.45, 2.75) is 32.9 Å². The number of aromatic amines is 1. The third kappa shape index (κ3) is 5.56. The molecule has 2 aromatic carbocycles. The largest absolute Gasteiger partial charge is 0.486 e. The first-order valence-corrected chi connectivity index (χ1v) is 14.5. The Kier molecular flexibility index (Phi) is 7.04. The van der Waals surface area contributed by atoms with Gasteiger partial charge < -0.3 is 15.0 Å². The van der Waals surface area contributed by atoms with Gasteiger partial charge in [-0.25, -0.2) is 19.9 Å². The molecule has 43 heavy (non-hydrogen) atoms. The summed E-state index contributed by atoms with van der Waals surface area (Å²) in [6, 6.07) is 18.4. The minimum Gasteiger partial charge on any atom is -0.486 e. The molecule has 1 fully saturated rings. The Balaban J connectivity index is 1.04. The monoisotopic (exact) mass is 571 g/mol. The van der Waals surface area contributed by atoms with E-state index in [-0.39, 0.29) is 6.10 Å². The Bertz CT molecular complexity index is 1860. The number of aromatic nitrogens is 7. The summed E-state index contributed by atoms with van der Waals surface area (Å²) in [6.45, 7) is 6.69. The van der Waals surface area contributed by atoms with Gasteiger partial charge in [0.05, 0.1) is 23.6 Å². The number of aryl methyl sites for hydroxylation is 3. The van der Waals surface area contributed by atoms with Crippen molar-refractivity contribution < 1.29 is 4.74 Å². The van der Waals surface area contributed by atoms with Crippen molar-refractivity contribution in [3.8, 4) is 28.4 Å². The fourth-order valence-corrected chi connectivity index (χ4v) is 5.64. The molecule has 0 saturated carbocycles. The number of nitrogens with one attached hydrogen (secondary N) is 2. The molecule has 6 aromatic rings. The van der Waals surface area contributed by atoms with Gasteiger partial charge in [-0.3, -0.25) is 9.58 Å². The van der Waals surface area contributed by atoms with Crippen LogP contribution in [0, 0.1) is 13.8 Å². The topological polar surface area (TPSA) is 110 Å². The second-order valence-corrected chi connectivity index (χ2v) is 11.1. The van der Waals surface area contributed by atoms with Gasteiger partial charge >= 0.3 is 0 Å². The van der Waals surface area contributed by atoms with E-state index in [0.717, 1.165) is 70.9 Å². The van der Waals surface area contributed by atoms with E-state index in [2.05, 4.69) is 53.5 Å². The number of hydrogen-bond acceptors (Lipinski definition) is 8. The van der Waals surface area contributed by atoms with Crippen molar-refractivity contribution in [2.75, 3.05) is 18.4 Å². The molecule has 0 spiro atoms. The quantitative estimate of drug-likeness (QED) is 0.235. The average Bonchev–Trinajstić information content (AvgIpc) is 3.74. The molecule has 1 saturated heterocycles. The van der Waals surface area contributed by atoms with E-state index in [9.17, 15) is 0 Å². The molecule has 10 heteroatoms. The van der Waals surface area contributed by atoms with E-state index in [0.29, 0.717) is 17.5 Å². The van der Waals surface area contributed by atoms with Crippen LogP contribution < -0.4 is 10.1 Å². The highest BCUT2D eigenvalue weighted by Gasteiger charge is 2.25. The zero-order valence-electron chi connectivity index (χ0n) is 24.5. The van der Waals surface area contributed by atoms with Crippen LogP contribution in [-0.4, -0.2) is 58.8 Å². The summed E-state index contributed by atoms with van der Waals surface area (Å²) in [6.07, 6.45) is 8.50. The molecule has 1 aliphatic rings. The van der Waals surface area contributed by atoms with Crippen molar-refractivity contribution in [3.05, 3.63) is 96.2 Å². The smallest absolute Gasteiger partial charge is 0.228 e. The second kappa shape index (κ2) is 11.3. The fourth-order valence-electron chi connectivity index (χ4n) is 5.64. The molecule has 0 amide bonds. The molecule has 10 nitrogen and oxygen atoms in total. The molecule has 7 rings (SSSR count). The Morgan fingerprint density at radius 1 is 1.00 bits per heavy atom. The molecular formula is C33H33N9O. The fraction of sp³-hybridized carbons (Fsp3) is 0.242. The first-order chi connectivity index (χ1) is 21.0. The Morgan fingerprint density at radius 2 is 1.84 bits per heavy atom. The first-order valence-electron chi connectivity index (χ1n) is 14.5. The number of para-hydroxylation sites is 1. The predicted molar refractivity (Wildman–Crippen MR) is 167 cm³/mol. The Morgan fingerprint density at radius 3 is 2.63 bits per heavy atom. The van der Waals surface area contributed by atoms with Gasteiger partial charge in [0.2, 0.25) is 5.95 Å². The van der Waals surface area contributed by atoms with Crippen LogP contribution in [-0.2, 0) is 13.6 Å². The second-order valence-electron chi connectivity index (χ2n) is 11.1. The van der Waals surface area contributed by atoms with Gasteiger partial charge in [-0.1, -0.05) is 48.5 Å². The molecule has 0 radical (unpaired) electrons. The minimum atomic E-state index is 0.0991. The van der Waals surface area contributed by atoms with Gasteiger partial charge in [0.15, 0.2) is 17.4 Å². The number of ether oxygens (including phenoxy) is 1. The number of rotatable bonds is 8. The number of benzene rings is 2. The van der Waals surface area contributed by atoms with Crippen molar-refractivity contribution in [1.82, 2.24) is 39.6 Å². The van der Waals surface area contributed by atoms with Crippen LogP contribution in [0.1, 0.15) is 23.2 Å². The molecule has 0 aliphatic carbocycles. The van der Waals surface area contributed by atoms with Gasteiger partial charge in [0.1, 0.15) is 6.10 Å². The van der Waals surface area contributed by atoms with Crippen LogP contribution in [0.5, 0.6) is 5.75 Å². The lowest BCUT2D eigenvalue weighted by Gasteiger charge is -2.17. The summed E-state index contributed by atoms with van der Waals surface area (Å²) in [4.78, 5) is 24.4. The van der Waals surface area contributed by atoms with Crippen molar-refractivity contribution >= 4 is 22.7 Å². The maximum absolute atomic E-state index is 6.26. The lowest BCUT2D eigenvalue weighted by atomic mass is 10.0. The van der Waals surface area contributed by atoms with Gasteiger partial charge in [-0.05, 0) is 31.4 Å². The molecular weight excluding hydrogens is 538 g/mol. The third-order valence-corrected chi connectivity index (χ3v) is 7.97. The van der Waals surface area contributed by atoms with E-state index in [4.69, 9.17) is 9.72 Å². The third-order valence-electron chi connectivity index (χ3n) is 7.97. The molecule has 2 N–H and O–H groups in total. The molecule has 5 heterocycles. The lowest BCUT2D eigenvalue weighted by Crippen LogP contribution is -2.24. The van der Waals surface area contributed by atoms with Crippen molar-refractivity contribution in [1.29, 1.82) is 0 Å². The number of likely N-dealkylation sites (tertiary alicyclic amines) is 1. The first kappa shape index (κ1) is 26.8. The number of hydrogen-bond donors (Lipinski definition) is 2. The highest BCUT2D eigenvalue weighted by molar-refractivity contribution is 5.97. The van der Waals surface area contributed by atoms with Crippen LogP contribution in [0.4, 0.5) is 11.8 Å². The van der Waals surface area contributed by atoms with E-state index in [1.165, 1.54) is 5.56 Å². The predicted octanol–water partition coefficient (Wildman–Crippen LogP) is 5.83. The Hall–Kier alpha value is -5.09. The standard InChI is InChI=1S/C33H33N9O/c1-21-15-37-33(38-29-14-22(2)41(3)40-29)39-30(21)28-18-34-31-24(10-7-11-27(28)31)19-42-13-12-25(20-42)43-26-16-35-32(36-17-26)23-8-5-4-6-9-23/h4-11,14-18,25,34H,12-13,19-20H2,1-3H3,(H,37,38,39,40). The SMILES string of the molecule is Cc1cnc(Nc2cc(C)n(C)n2)nc1-c1c[nH]c2c(CN3CCC(Oc4cnc(-c5ccccc5)nc4)C3)cccc12. The van der Waals surface area contributed by atoms with Crippen molar-refractivity contribution in [2.24, 2.45) is 7.05 Å². The number of anilines is 2. The van der Waals surface area contributed by atoms with Crippen LogP contribution in [0.3, 0.4) is 0 Å². The number of nitrogens with zero attached hydrogens (tertiary/aromatic N) is 7. The van der Waals surface area contributed by atoms with Gasteiger partial charge in [0.25, 0.3) is 0 Å². The van der Waals surface area contributed by atoms with Crippen LogP contribution in [0.25, 0.3) is 33.5 Å². The number of fused-ring (bicyclic) bond motifs is 1. The van der Waals surface area contributed by atoms with E-state index in [1.807, 2.05) is 74.4 Å². The highest BCUT2D eigenvalue weighted by Crippen LogP contribution is 2.33. The summed E-state index contributed by atoms with van der Waals surface area (Å²) in [5, 5.41) is 8.86. The average molecular weight is 572 g/mol. The van der Waals surface area contributed by atoms with Crippen molar-refractivity contribution in [3.63, 3.8) is 0 Å². The van der Waals surface area contributed by atoms with Gasteiger partial charge in [-0.15, -0.1) is 0 Å². The van der Waals surface area contributed by atoms with Gasteiger partial charge in [-0.2, -0.15) is 5.10 Å². The van der Waals surface area contributed by atoms with E-state index < -0.39 is 0 Å². The van der Waals surface area contributed by atoms with Gasteiger partial charge in [0, 0.05) is 67.3 Å². The molecule has 1 unspecified atom stereocenters. The molecule has 1 atom stereocenters. The molecule has 4 aromatic heterocycles. The summed E-state index contributed by atoms with van der Waals surface area (Å²) >= 11 is 0. The van der Waals surface area contributed by atoms with Crippen LogP contribution in [0.2, 0.25) is 0 Å². The molecule has 0 bridgehead atoms. The van der Waals surface area contributed by atoms with Crippen LogP contribution in [0.15, 0.2) is 79.4 Å². The van der Waals surface area contributed by atoms with Crippen LogP contribution >= 0.6 is 0 Å². The molecule has 216 valence electrons.